The van der Waals surface area contributed by atoms with Gasteiger partial charge in [0.2, 0.25) is 5.91 Å². The summed E-state index contributed by atoms with van der Waals surface area (Å²) in [7, 11) is 0. The smallest absolute Gasteiger partial charge is 0.649 e. The van der Waals surface area contributed by atoms with Gasteiger partial charge in [0.1, 0.15) is 0 Å². The molecule has 0 aliphatic carbocycles. The molecule has 0 bridgehead atoms. The molecule has 0 spiro atoms. The third kappa shape index (κ3) is 7.97. The van der Waals surface area contributed by atoms with Crippen molar-refractivity contribution in [1.29, 1.82) is 0 Å². The molecule has 0 aromatic heterocycles. The number of hydrogen-bond donors (Lipinski definition) is 1. The average molecular weight is 312 g/mol. The first-order valence-corrected chi connectivity index (χ1v) is 7.64. The molecule has 0 saturated carbocycles. The van der Waals surface area contributed by atoms with E-state index in [4.69, 9.17) is 5.73 Å². The molecule has 1 aromatic rings. The van der Waals surface area contributed by atoms with Crippen molar-refractivity contribution in [3.05, 3.63) is 40.7 Å². The molecule has 0 heterocycles. The molecular formula is C17H25N2NaO2. The fraction of sp³-hybridized carbons (Fsp3) is 0.529. The first kappa shape index (κ1) is 21.2. The Morgan fingerprint density at radius 1 is 1.14 bits per heavy atom. The molecule has 5 heteroatoms. The molecule has 1 atom stereocenters. The average Bonchev–Trinajstić information content (AvgIpc) is 2.49. The summed E-state index contributed by atoms with van der Waals surface area (Å²) in [4.78, 5) is 22.5. The molecule has 2 N–H and O–H groups in total. The molecule has 116 valence electrons. The first-order chi connectivity index (χ1) is 10.0. The summed E-state index contributed by atoms with van der Waals surface area (Å²) in [6.07, 6.45) is 3.94. The molecule has 1 rings (SSSR count). The van der Waals surface area contributed by atoms with Crippen LogP contribution in [0.1, 0.15) is 67.8 Å². The quantitative estimate of drug-likeness (QED) is 0.540. The van der Waals surface area contributed by atoms with E-state index in [9.17, 15) is 9.59 Å². The molecule has 0 fully saturated rings. The van der Waals surface area contributed by atoms with Crippen LogP contribution >= 0.6 is 0 Å². The summed E-state index contributed by atoms with van der Waals surface area (Å²) in [5.41, 5.74) is 6.95. The SMILES string of the molecule is CCC(C)c1ccc(C(=O)[N-]CCCCCC(N)=O)cc1.[Na+]. The Bertz CT molecular complexity index is 460. The van der Waals surface area contributed by atoms with E-state index in [1.165, 1.54) is 5.56 Å². The van der Waals surface area contributed by atoms with E-state index in [1.54, 1.807) is 0 Å². The van der Waals surface area contributed by atoms with Gasteiger partial charge in [-0.05, 0) is 29.9 Å². The molecule has 22 heavy (non-hydrogen) atoms. The minimum Gasteiger partial charge on any atom is -0.649 e. The minimum atomic E-state index is -0.274. The second-order valence-electron chi connectivity index (χ2n) is 5.40. The van der Waals surface area contributed by atoms with E-state index in [1.807, 2.05) is 24.3 Å². The van der Waals surface area contributed by atoms with Gasteiger partial charge >= 0.3 is 29.6 Å². The zero-order valence-electron chi connectivity index (χ0n) is 14.0. The summed E-state index contributed by atoms with van der Waals surface area (Å²) in [5, 5.41) is 4.05. The molecule has 0 aliphatic heterocycles. The third-order valence-corrected chi connectivity index (χ3v) is 3.68. The molecule has 2 amide bonds. The maximum Gasteiger partial charge on any atom is 1.00 e. The van der Waals surface area contributed by atoms with Crippen molar-refractivity contribution >= 4 is 11.8 Å². The zero-order valence-corrected chi connectivity index (χ0v) is 16.0. The van der Waals surface area contributed by atoms with E-state index in [2.05, 4.69) is 19.2 Å². The van der Waals surface area contributed by atoms with Crippen LogP contribution in [0.15, 0.2) is 24.3 Å². The number of carbonyl (C=O) groups excluding carboxylic acids is 2. The fourth-order valence-electron chi connectivity index (χ4n) is 2.05. The van der Waals surface area contributed by atoms with E-state index in [0.29, 0.717) is 24.4 Å². The number of rotatable bonds is 9. The Balaban J connectivity index is 0.00000441. The number of amides is 2. The van der Waals surface area contributed by atoms with Crippen LogP contribution < -0.4 is 35.3 Å². The van der Waals surface area contributed by atoms with Crippen molar-refractivity contribution in [2.24, 2.45) is 5.73 Å². The van der Waals surface area contributed by atoms with Crippen LogP contribution in [0, 0.1) is 0 Å². The van der Waals surface area contributed by atoms with Gasteiger partial charge in [-0.3, -0.25) is 4.79 Å². The Labute approximate surface area is 155 Å². The van der Waals surface area contributed by atoms with Gasteiger partial charge < -0.3 is 15.8 Å². The summed E-state index contributed by atoms with van der Waals surface area (Å²) in [5.74, 6) is 0.0707. The standard InChI is InChI=1S/C17H26N2O2.Na/c1-3-13(2)14-8-10-15(11-9-14)17(21)19-12-6-4-5-7-16(18)20;/h8-11,13H,3-7,12H2,1-2H3,(H3,18,19,20,21);/q;+1/p-1. The van der Waals surface area contributed by atoms with Crippen molar-refractivity contribution in [3.8, 4) is 0 Å². The van der Waals surface area contributed by atoms with E-state index in [-0.39, 0.29) is 41.4 Å². The minimum absolute atomic E-state index is 0. The number of carbonyl (C=O) groups is 2. The second-order valence-corrected chi connectivity index (χ2v) is 5.40. The maximum atomic E-state index is 11.9. The van der Waals surface area contributed by atoms with Crippen LogP contribution in [0.5, 0.6) is 0 Å². The number of benzene rings is 1. The Morgan fingerprint density at radius 2 is 1.77 bits per heavy atom. The van der Waals surface area contributed by atoms with E-state index >= 15 is 0 Å². The fourth-order valence-corrected chi connectivity index (χ4v) is 2.05. The topological polar surface area (TPSA) is 74.3 Å². The number of primary amides is 1. The van der Waals surface area contributed by atoms with Crippen LogP contribution in [-0.4, -0.2) is 18.4 Å². The van der Waals surface area contributed by atoms with E-state index < -0.39 is 0 Å². The number of nitrogens with two attached hydrogens (primary N) is 1. The van der Waals surface area contributed by atoms with Gasteiger partial charge in [-0.25, -0.2) is 0 Å². The number of unbranched alkanes of at least 4 members (excludes halogenated alkanes) is 2. The van der Waals surface area contributed by atoms with Gasteiger partial charge in [-0.2, -0.15) is 0 Å². The molecular weight excluding hydrogens is 287 g/mol. The largest absolute Gasteiger partial charge is 1.00 e. The molecule has 4 nitrogen and oxygen atoms in total. The van der Waals surface area contributed by atoms with Crippen molar-refractivity contribution in [3.63, 3.8) is 0 Å². The summed E-state index contributed by atoms with van der Waals surface area (Å²) in [6.45, 7) is 4.83. The van der Waals surface area contributed by atoms with Crippen LogP contribution in [0.25, 0.3) is 5.32 Å². The number of hydrogen-bond acceptors (Lipinski definition) is 2. The summed E-state index contributed by atoms with van der Waals surface area (Å²) in [6, 6.07) is 7.70. The summed E-state index contributed by atoms with van der Waals surface area (Å²) >= 11 is 0. The third-order valence-electron chi connectivity index (χ3n) is 3.68. The number of nitrogens with zero attached hydrogens (tertiary/aromatic N) is 1. The Morgan fingerprint density at radius 3 is 2.32 bits per heavy atom. The van der Waals surface area contributed by atoms with Crippen molar-refractivity contribution in [2.45, 2.75) is 51.9 Å². The van der Waals surface area contributed by atoms with Crippen LogP contribution in [0.4, 0.5) is 0 Å². The van der Waals surface area contributed by atoms with Crippen molar-refractivity contribution in [1.82, 2.24) is 0 Å². The van der Waals surface area contributed by atoms with Gasteiger partial charge in [0.25, 0.3) is 0 Å². The molecule has 0 radical (unpaired) electrons. The predicted molar refractivity (Wildman–Crippen MR) is 85.4 cm³/mol. The van der Waals surface area contributed by atoms with E-state index in [0.717, 1.165) is 25.7 Å². The van der Waals surface area contributed by atoms with Gasteiger partial charge in [0.05, 0.1) is 5.91 Å². The molecule has 0 saturated heterocycles. The van der Waals surface area contributed by atoms with Crippen molar-refractivity contribution < 1.29 is 39.1 Å². The van der Waals surface area contributed by atoms with Gasteiger partial charge in [0.15, 0.2) is 0 Å². The normalized spacial score (nSPS) is 11.4. The van der Waals surface area contributed by atoms with Crippen LogP contribution in [0.2, 0.25) is 0 Å². The monoisotopic (exact) mass is 312 g/mol. The zero-order chi connectivity index (χ0) is 15.7. The summed E-state index contributed by atoms with van der Waals surface area (Å²) < 4.78 is 0. The Kier molecular flexibility index (Phi) is 11.2. The predicted octanol–water partition coefficient (Wildman–Crippen LogP) is 0.764. The van der Waals surface area contributed by atoms with Gasteiger partial charge in [0, 0.05) is 6.42 Å². The maximum absolute atomic E-state index is 11.9. The first-order valence-electron chi connectivity index (χ1n) is 7.64. The van der Waals surface area contributed by atoms with Crippen molar-refractivity contribution in [2.75, 3.05) is 6.54 Å². The molecule has 1 unspecified atom stereocenters. The van der Waals surface area contributed by atoms with Gasteiger partial charge in [-0.15, -0.1) is 6.54 Å². The van der Waals surface area contributed by atoms with Crippen LogP contribution in [-0.2, 0) is 4.79 Å². The van der Waals surface area contributed by atoms with Gasteiger partial charge in [-0.1, -0.05) is 51.0 Å². The second kappa shape index (κ2) is 11.7. The van der Waals surface area contributed by atoms with Crippen LogP contribution in [0.3, 0.4) is 0 Å². The molecule has 1 aromatic carbocycles. The molecule has 0 aliphatic rings. The Hall–Kier alpha value is -0.840.